The van der Waals surface area contributed by atoms with Crippen LogP contribution in [0.2, 0.25) is 0 Å². The molecule has 4 N–H and O–H groups in total. The maximum absolute atomic E-state index is 13.4. The first-order chi connectivity index (χ1) is 9.86. The summed E-state index contributed by atoms with van der Waals surface area (Å²) in [6.07, 6.45) is 2.26. The van der Waals surface area contributed by atoms with Crippen LogP contribution < -0.4 is 11.1 Å². The van der Waals surface area contributed by atoms with E-state index in [0.29, 0.717) is 24.6 Å². The summed E-state index contributed by atoms with van der Waals surface area (Å²) < 4.78 is 52.6. The van der Waals surface area contributed by atoms with Crippen molar-refractivity contribution in [3.05, 3.63) is 46.7 Å². The van der Waals surface area contributed by atoms with E-state index < -0.39 is 34.2 Å². The molecule has 8 heteroatoms. The van der Waals surface area contributed by atoms with Gasteiger partial charge in [0.1, 0.15) is 5.82 Å². The molecule has 1 unspecified atom stereocenters. The predicted molar refractivity (Wildman–Crippen MR) is 74.5 cm³/mol. The summed E-state index contributed by atoms with van der Waals surface area (Å²) in [6, 6.07) is 0.294. The maximum atomic E-state index is 13.4. The summed E-state index contributed by atoms with van der Waals surface area (Å²) in [5.74, 6) is -6.02. The van der Waals surface area contributed by atoms with Crippen molar-refractivity contribution in [2.45, 2.75) is 24.8 Å². The Balaban J connectivity index is 2.64. The van der Waals surface area contributed by atoms with E-state index >= 15 is 0 Å². The summed E-state index contributed by atoms with van der Waals surface area (Å²) in [7, 11) is 0. The van der Waals surface area contributed by atoms with Gasteiger partial charge in [-0.3, -0.25) is 0 Å². The average molecular weight is 324 g/mol. The smallest absolute Gasteiger partial charge is 0.194 e. The fraction of sp³-hybridized carbons (Fsp3) is 0.385. The zero-order valence-electron chi connectivity index (χ0n) is 11.0. The third-order valence-corrected chi connectivity index (χ3v) is 3.12. The highest BCUT2D eigenvalue weighted by Gasteiger charge is 2.19. The summed E-state index contributed by atoms with van der Waals surface area (Å²) in [6.45, 7) is -0.435. The van der Waals surface area contributed by atoms with Crippen LogP contribution >= 0.6 is 12.6 Å². The fourth-order valence-corrected chi connectivity index (χ4v) is 1.76. The lowest BCUT2D eigenvalue weighted by atomic mass is 10.1. The minimum atomic E-state index is -1.71. The zero-order chi connectivity index (χ0) is 16.0. The van der Waals surface area contributed by atoms with E-state index in [0.717, 1.165) is 0 Å². The molecule has 0 aromatic heterocycles. The Morgan fingerprint density at radius 3 is 2.57 bits per heavy atom. The third kappa shape index (κ3) is 5.22. The Hall–Kier alpha value is -1.25. The van der Waals surface area contributed by atoms with Crippen molar-refractivity contribution in [3.63, 3.8) is 0 Å². The van der Waals surface area contributed by atoms with Gasteiger partial charge >= 0.3 is 0 Å². The van der Waals surface area contributed by atoms with Crippen LogP contribution in [0.4, 0.5) is 17.6 Å². The normalized spacial score (nSPS) is 13.5. The number of halogens is 4. The lowest BCUT2D eigenvalue weighted by Crippen LogP contribution is -2.24. The minimum absolute atomic E-state index is 0.0850. The molecule has 0 aliphatic heterocycles. The first-order valence-electron chi connectivity index (χ1n) is 6.15. The average Bonchev–Trinajstić information content (AvgIpc) is 2.43. The van der Waals surface area contributed by atoms with Crippen molar-refractivity contribution in [1.29, 1.82) is 0 Å². The largest absolute Gasteiger partial charge is 0.402 e. The van der Waals surface area contributed by atoms with Crippen molar-refractivity contribution in [2.24, 2.45) is 5.73 Å². The molecule has 1 rings (SSSR count). The van der Waals surface area contributed by atoms with Gasteiger partial charge in [-0.25, -0.2) is 17.6 Å². The van der Waals surface area contributed by atoms with E-state index in [1.165, 1.54) is 0 Å². The SMILES string of the molecule is N/C(=C/CC(S)NCc1c(F)cc(F)c(F)c1F)CCO. The number of thiol groups is 1. The maximum Gasteiger partial charge on any atom is 0.194 e. The zero-order valence-corrected chi connectivity index (χ0v) is 11.9. The standard InChI is InChI=1S/C13H16F4N2OS/c14-9-5-10(15)13(17)12(16)8(9)6-19-11(21)2-1-7(18)3-4-20/h1,5,11,19-21H,2-4,6,18H2/b7-1+. The van der Waals surface area contributed by atoms with Crippen molar-refractivity contribution >= 4 is 12.6 Å². The number of rotatable bonds is 7. The van der Waals surface area contributed by atoms with Crippen LogP contribution in [0.1, 0.15) is 18.4 Å². The molecule has 0 fully saturated rings. The third-order valence-electron chi connectivity index (χ3n) is 2.73. The van der Waals surface area contributed by atoms with Gasteiger partial charge in [-0.15, -0.1) is 0 Å². The Morgan fingerprint density at radius 2 is 1.95 bits per heavy atom. The van der Waals surface area contributed by atoms with E-state index in [4.69, 9.17) is 10.8 Å². The van der Waals surface area contributed by atoms with Gasteiger partial charge < -0.3 is 16.2 Å². The fourth-order valence-electron chi connectivity index (χ4n) is 1.56. The van der Waals surface area contributed by atoms with Gasteiger partial charge in [0.05, 0.1) is 5.37 Å². The summed E-state index contributed by atoms with van der Waals surface area (Å²) in [5.41, 5.74) is 5.42. The van der Waals surface area contributed by atoms with Crippen LogP contribution in [-0.2, 0) is 6.54 Å². The molecule has 0 heterocycles. The highest BCUT2D eigenvalue weighted by atomic mass is 32.1. The summed E-state index contributed by atoms with van der Waals surface area (Å²) >= 11 is 4.13. The molecule has 118 valence electrons. The van der Waals surface area contributed by atoms with Gasteiger partial charge in [-0.1, -0.05) is 6.08 Å². The molecular weight excluding hydrogens is 308 g/mol. The van der Waals surface area contributed by atoms with Gasteiger partial charge in [0.25, 0.3) is 0 Å². The number of hydrogen-bond acceptors (Lipinski definition) is 4. The Morgan fingerprint density at radius 1 is 1.29 bits per heavy atom. The molecule has 0 radical (unpaired) electrons. The molecule has 0 amide bonds. The van der Waals surface area contributed by atoms with Crippen molar-refractivity contribution in [2.75, 3.05) is 6.61 Å². The molecule has 0 aliphatic rings. The number of nitrogens with one attached hydrogen (secondary N) is 1. The molecule has 1 aromatic rings. The summed E-state index contributed by atoms with van der Waals surface area (Å²) in [4.78, 5) is 0. The molecule has 0 saturated heterocycles. The van der Waals surface area contributed by atoms with Crippen LogP contribution in [0.25, 0.3) is 0 Å². The topological polar surface area (TPSA) is 58.3 Å². The van der Waals surface area contributed by atoms with Crippen LogP contribution in [0, 0.1) is 23.3 Å². The van der Waals surface area contributed by atoms with E-state index in [-0.39, 0.29) is 13.2 Å². The van der Waals surface area contributed by atoms with Crippen molar-refractivity contribution in [3.8, 4) is 0 Å². The van der Waals surface area contributed by atoms with Gasteiger partial charge in [-0.2, -0.15) is 12.6 Å². The first kappa shape index (κ1) is 17.8. The highest BCUT2D eigenvalue weighted by Crippen LogP contribution is 2.19. The molecular formula is C13H16F4N2OS. The molecule has 0 bridgehead atoms. The lowest BCUT2D eigenvalue weighted by Gasteiger charge is -2.13. The predicted octanol–water partition coefficient (Wildman–Crippen LogP) is 2.20. The molecule has 21 heavy (non-hydrogen) atoms. The number of benzene rings is 1. The van der Waals surface area contributed by atoms with Crippen molar-refractivity contribution in [1.82, 2.24) is 5.32 Å². The second kappa shape index (κ2) is 8.26. The minimum Gasteiger partial charge on any atom is -0.402 e. The van der Waals surface area contributed by atoms with Gasteiger partial charge in [-0.05, 0) is 6.42 Å². The van der Waals surface area contributed by atoms with Crippen LogP contribution in [0.5, 0.6) is 0 Å². The number of hydrogen-bond donors (Lipinski definition) is 4. The van der Waals surface area contributed by atoms with Gasteiger partial charge in [0, 0.05) is 36.9 Å². The highest BCUT2D eigenvalue weighted by molar-refractivity contribution is 7.80. The number of aliphatic hydroxyl groups excluding tert-OH is 1. The Kier molecular flexibility index (Phi) is 7.00. The monoisotopic (exact) mass is 324 g/mol. The van der Waals surface area contributed by atoms with Gasteiger partial charge in [0.2, 0.25) is 0 Å². The van der Waals surface area contributed by atoms with Crippen LogP contribution in [0.3, 0.4) is 0 Å². The quantitative estimate of drug-likeness (QED) is 0.204. The van der Waals surface area contributed by atoms with Crippen LogP contribution in [0.15, 0.2) is 17.8 Å². The van der Waals surface area contributed by atoms with Crippen molar-refractivity contribution < 1.29 is 22.7 Å². The molecule has 1 aromatic carbocycles. The number of nitrogens with two attached hydrogens (primary N) is 1. The second-order valence-electron chi connectivity index (χ2n) is 4.33. The molecule has 1 atom stereocenters. The van der Waals surface area contributed by atoms with Gasteiger partial charge in [0.15, 0.2) is 17.5 Å². The molecule has 0 saturated carbocycles. The molecule has 0 spiro atoms. The first-order valence-corrected chi connectivity index (χ1v) is 6.67. The molecule has 3 nitrogen and oxygen atoms in total. The van der Waals surface area contributed by atoms with E-state index in [1.807, 2.05) is 0 Å². The Labute approximate surface area is 125 Å². The van der Waals surface area contributed by atoms with E-state index in [2.05, 4.69) is 17.9 Å². The van der Waals surface area contributed by atoms with E-state index in [9.17, 15) is 17.6 Å². The number of aliphatic hydroxyl groups is 1. The van der Waals surface area contributed by atoms with Crippen LogP contribution in [-0.4, -0.2) is 17.1 Å². The second-order valence-corrected chi connectivity index (χ2v) is 4.96. The Bertz CT molecular complexity index is 525. The molecule has 0 aliphatic carbocycles. The summed E-state index contributed by atoms with van der Waals surface area (Å²) in [5, 5.41) is 10.8. The van der Waals surface area contributed by atoms with E-state index in [1.54, 1.807) is 6.08 Å². The lowest BCUT2D eigenvalue weighted by molar-refractivity contribution is 0.298.